The van der Waals surface area contributed by atoms with E-state index in [1.807, 2.05) is 32.0 Å². The van der Waals surface area contributed by atoms with Crippen LogP contribution in [-0.4, -0.2) is 30.2 Å². The van der Waals surface area contributed by atoms with Crippen LogP contribution in [-0.2, 0) is 9.53 Å². The van der Waals surface area contributed by atoms with Crippen LogP contribution in [0.4, 0.5) is 16.2 Å². The van der Waals surface area contributed by atoms with E-state index in [9.17, 15) is 9.59 Å². The number of alkyl carbamates (subject to hydrolysis) is 1. The quantitative estimate of drug-likeness (QED) is 0.777. The highest BCUT2D eigenvalue weighted by atomic mass is 16.6. The van der Waals surface area contributed by atoms with E-state index in [4.69, 9.17) is 4.74 Å². The molecular formula is C17H27N3O3. The van der Waals surface area contributed by atoms with Crippen molar-refractivity contribution in [3.05, 3.63) is 23.8 Å². The molecule has 0 bridgehead atoms. The number of hydrogen-bond acceptors (Lipinski definition) is 4. The molecule has 0 saturated carbocycles. The lowest BCUT2D eigenvalue weighted by molar-refractivity contribution is -0.117. The van der Waals surface area contributed by atoms with Gasteiger partial charge in [-0.3, -0.25) is 4.79 Å². The van der Waals surface area contributed by atoms with Crippen molar-refractivity contribution in [2.24, 2.45) is 0 Å². The van der Waals surface area contributed by atoms with E-state index < -0.39 is 17.7 Å². The lowest BCUT2D eigenvalue weighted by Gasteiger charge is -2.22. The predicted octanol–water partition coefficient (Wildman–Crippen LogP) is 3.28. The second-order valence-electron chi connectivity index (χ2n) is 6.44. The van der Waals surface area contributed by atoms with Gasteiger partial charge < -0.3 is 20.7 Å². The largest absolute Gasteiger partial charge is 0.444 e. The molecule has 2 amide bonds. The summed E-state index contributed by atoms with van der Waals surface area (Å²) >= 11 is 0. The Balaban J connectivity index is 2.70. The molecule has 1 rings (SSSR count). The minimum atomic E-state index is -0.708. The molecule has 128 valence electrons. The van der Waals surface area contributed by atoms with Crippen LogP contribution in [0, 0.1) is 6.92 Å². The average molecular weight is 321 g/mol. The van der Waals surface area contributed by atoms with E-state index in [1.54, 1.807) is 27.7 Å². The summed E-state index contributed by atoms with van der Waals surface area (Å²) in [6, 6.07) is 5.01. The van der Waals surface area contributed by atoms with Crippen LogP contribution < -0.4 is 16.0 Å². The molecule has 0 aliphatic carbocycles. The molecule has 6 heteroatoms. The zero-order valence-corrected chi connectivity index (χ0v) is 14.7. The summed E-state index contributed by atoms with van der Waals surface area (Å²) in [6.07, 6.45) is -0.615. The molecule has 0 unspecified atom stereocenters. The number of nitrogens with one attached hydrogen (secondary N) is 3. The highest BCUT2D eigenvalue weighted by Gasteiger charge is 2.21. The number of aryl methyl sites for hydroxylation is 1. The number of amides is 2. The Kier molecular flexibility index (Phi) is 6.42. The summed E-state index contributed by atoms with van der Waals surface area (Å²) in [7, 11) is 0. The van der Waals surface area contributed by atoms with E-state index in [-0.39, 0.29) is 5.91 Å². The molecule has 0 aliphatic heterocycles. The molecule has 1 aromatic rings. The van der Waals surface area contributed by atoms with Crippen molar-refractivity contribution in [1.82, 2.24) is 5.32 Å². The van der Waals surface area contributed by atoms with Crippen molar-refractivity contribution in [2.45, 2.75) is 53.2 Å². The summed E-state index contributed by atoms with van der Waals surface area (Å²) in [4.78, 5) is 24.0. The molecule has 0 aromatic heterocycles. The Hall–Kier alpha value is -2.24. The highest BCUT2D eigenvalue weighted by Crippen LogP contribution is 2.23. The second-order valence-corrected chi connectivity index (χ2v) is 6.44. The van der Waals surface area contributed by atoms with Gasteiger partial charge in [-0.05, 0) is 59.2 Å². The van der Waals surface area contributed by atoms with Crippen LogP contribution in [0.2, 0.25) is 0 Å². The van der Waals surface area contributed by atoms with Crippen molar-refractivity contribution in [3.63, 3.8) is 0 Å². The Bertz CT molecular complexity index is 565. The second kappa shape index (κ2) is 7.85. The van der Waals surface area contributed by atoms with Gasteiger partial charge in [-0.1, -0.05) is 6.07 Å². The number of hydrogen-bond donors (Lipinski definition) is 3. The predicted molar refractivity (Wildman–Crippen MR) is 92.8 cm³/mol. The van der Waals surface area contributed by atoms with E-state index in [2.05, 4.69) is 16.0 Å². The molecule has 0 radical (unpaired) electrons. The Labute approximate surface area is 138 Å². The molecule has 0 saturated heterocycles. The topological polar surface area (TPSA) is 79.5 Å². The third-order valence-corrected chi connectivity index (χ3v) is 2.93. The summed E-state index contributed by atoms with van der Waals surface area (Å²) in [5, 5.41) is 8.55. The summed E-state index contributed by atoms with van der Waals surface area (Å²) in [5.41, 5.74) is 2.03. The van der Waals surface area contributed by atoms with E-state index in [0.717, 1.165) is 17.8 Å². The molecule has 0 aliphatic rings. The molecule has 6 nitrogen and oxygen atoms in total. The molecule has 1 aromatic carbocycles. The van der Waals surface area contributed by atoms with Crippen LogP contribution in [0.1, 0.15) is 40.2 Å². The van der Waals surface area contributed by atoms with Gasteiger partial charge in [-0.2, -0.15) is 0 Å². The fourth-order valence-corrected chi connectivity index (χ4v) is 1.89. The molecule has 0 heterocycles. The normalized spacial score (nSPS) is 12.3. The first-order valence-electron chi connectivity index (χ1n) is 7.77. The lowest BCUT2D eigenvalue weighted by Crippen LogP contribution is -2.44. The zero-order chi connectivity index (χ0) is 17.6. The maximum Gasteiger partial charge on any atom is 0.408 e. The van der Waals surface area contributed by atoms with Gasteiger partial charge in [0.25, 0.3) is 0 Å². The molecule has 3 N–H and O–H groups in total. The number of anilines is 2. The Morgan fingerprint density at radius 1 is 1.22 bits per heavy atom. The van der Waals surface area contributed by atoms with Crippen LogP contribution in [0.3, 0.4) is 0 Å². The molecular weight excluding hydrogens is 294 g/mol. The Morgan fingerprint density at radius 3 is 2.43 bits per heavy atom. The number of carbonyl (C=O) groups excluding carboxylic acids is 2. The summed E-state index contributed by atoms with van der Waals surface area (Å²) in [6.45, 7) is 11.6. The average Bonchev–Trinajstić information content (AvgIpc) is 2.39. The fourth-order valence-electron chi connectivity index (χ4n) is 1.89. The van der Waals surface area contributed by atoms with Gasteiger partial charge in [-0.25, -0.2) is 4.79 Å². The van der Waals surface area contributed by atoms with E-state index in [0.29, 0.717) is 5.69 Å². The van der Waals surface area contributed by atoms with Gasteiger partial charge in [0.1, 0.15) is 11.6 Å². The minimum Gasteiger partial charge on any atom is -0.444 e. The van der Waals surface area contributed by atoms with E-state index in [1.165, 1.54) is 0 Å². The van der Waals surface area contributed by atoms with Crippen LogP contribution in [0.15, 0.2) is 18.2 Å². The third-order valence-electron chi connectivity index (χ3n) is 2.93. The number of carbonyl (C=O) groups is 2. The minimum absolute atomic E-state index is 0.307. The van der Waals surface area contributed by atoms with Gasteiger partial charge in [-0.15, -0.1) is 0 Å². The van der Waals surface area contributed by atoms with Crippen LogP contribution >= 0.6 is 0 Å². The maximum atomic E-state index is 12.2. The van der Waals surface area contributed by atoms with Crippen LogP contribution in [0.5, 0.6) is 0 Å². The SMILES string of the molecule is CCNc1cc(C)ccc1NC(=O)[C@@H](C)NC(=O)OC(C)(C)C. The first kappa shape index (κ1) is 18.8. The van der Waals surface area contributed by atoms with Gasteiger partial charge in [0, 0.05) is 6.54 Å². The summed E-state index contributed by atoms with van der Waals surface area (Å²) in [5.74, 6) is -0.307. The van der Waals surface area contributed by atoms with E-state index >= 15 is 0 Å². The van der Waals surface area contributed by atoms with Crippen molar-refractivity contribution in [2.75, 3.05) is 17.2 Å². The number of benzene rings is 1. The first-order chi connectivity index (χ1) is 10.6. The molecule has 0 spiro atoms. The highest BCUT2D eigenvalue weighted by molar-refractivity contribution is 5.98. The van der Waals surface area contributed by atoms with Crippen molar-refractivity contribution in [1.29, 1.82) is 0 Å². The molecule has 23 heavy (non-hydrogen) atoms. The molecule has 0 fully saturated rings. The number of ether oxygens (including phenoxy) is 1. The smallest absolute Gasteiger partial charge is 0.408 e. The van der Waals surface area contributed by atoms with Crippen molar-refractivity contribution in [3.8, 4) is 0 Å². The third kappa shape index (κ3) is 6.59. The lowest BCUT2D eigenvalue weighted by atomic mass is 10.1. The number of rotatable bonds is 5. The van der Waals surface area contributed by atoms with Crippen molar-refractivity contribution >= 4 is 23.4 Å². The Morgan fingerprint density at radius 2 is 1.87 bits per heavy atom. The molecule has 1 atom stereocenters. The van der Waals surface area contributed by atoms with Crippen molar-refractivity contribution < 1.29 is 14.3 Å². The van der Waals surface area contributed by atoms with Gasteiger partial charge in [0.15, 0.2) is 0 Å². The fraction of sp³-hybridized carbons (Fsp3) is 0.529. The maximum absolute atomic E-state index is 12.2. The van der Waals surface area contributed by atoms with Crippen LogP contribution in [0.25, 0.3) is 0 Å². The zero-order valence-electron chi connectivity index (χ0n) is 14.7. The van der Waals surface area contributed by atoms with Gasteiger partial charge in [0.05, 0.1) is 11.4 Å². The summed E-state index contributed by atoms with van der Waals surface area (Å²) < 4.78 is 5.14. The van der Waals surface area contributed by atoms with Gasteiger partial charge in [0.2, 0.25) is 5.91 Å². The standard InChI is InChI=1S/C17H27N3O3/c1-7-18-14-10-11(2)8-9-13(14)20-15(21)12(3)19-16(22)23-17(4,5)6/h8-10,12,18H,7H2,1-6H3,(H,19,22)(H,20,21)/t12-/m1/s1. The first-order valence-corrected chi connectivity index (χ1v) is 7.77. The van der Waals surface area contributed by atoms with Gasteiger partial charge >= 0.3 is 6.09 Å². The monoisotopic (exact) mass is 321 g/mol.